The molecule has 184 valence electrons. The second kappa shape index (κ2) is 10.8. The van der Waals surface area contributed by atoms with E-state index in [-0.39, 0.29) is 17.6 Å². The third-order valence-corrected chi connectivity index (χ3v) is 7.21. The molecular weight excluding hydrogens is 483 g/mol. The number of fused-ring (bicyclic) bond motifs is 1. The van der Waals surface area contributed by atoms with Gasteiger partial charge in [-0.05, 0) is 66.1 Å². The lowest BCUT2D eigenvalue weighted by atomic mass is 10.1. The number of aryl methyl sites for hydroxylation is 1. The predicted octanol–water partition coefficient (Wildman–Crippen LogP) is 6.74. The molecule has 6 heteroatoms. The molecule has 37 heavy (non-hydrogen) atoms. The minimum Gasteiger partial charge on any atom is -0.348 e. The van der Waals surface area contributed by atoms with E-state index >= 15 is 0 Å². The highest BCUT2D eigenvalue weighted by Crippen LogP contribution is 2.42. The molecule has 0 bridgehead atoms. The number of hydrogen-bond acceptors (Lipinski definition) is 3. The van der Waals surface area contributed by atoms with E-state index in [1.807, 2.05) is 54.3 Å². The summed E-state index contributed by atoms with van der Waals surface area (Å²) in [6.07, 6.45) is 1.87. The summed E-state index contributed by atoms with van der Waals surface area (Å²) in [6.45, 7) is 2.84. The van der Waals surface area contributed by atoms with E-state index in [4.69, 9.17) is 0 Å². The topological polar surface area (TPSA) is 49.4 Å². The molecule has 0 saturated carbocycles. The number of nitrogens with zero attached hydrogens (tertiary/aromatic N) is 1. The normalized spacial score (nSPS) is 13.9. The van der Waals surface area contributed by atoms with Crippen LogP contribution in [0.1, 0.15) is 32.6 Å². The van der Waals surface area contributed by atoms with E-state index in [0.29, 0.717) is 23.6 Å². The monoisotopic (exact) mass is 508 g/mol. The van der Waals surface area contributed by atoms with Gasteiger partial charge in [-0.2, -0.15) is 0 Å². The van der Waals surface area contributed by atoms with Gasteiger partial charge < -0.3 is 10.2 Å². The van der Waals surface area contributed by atoms with Crippen molar-refractivity contribution < 1.29 is 14.0 Å². The molecule has 0 spiro atoms. The molecule has 1 heterocycles. The van der Waals surface area contributed by atoms with E-state index in [1.54, 1.807) is 24.3 Å². The van der Waals surface area contributed by atoms with Crippen molar-refractivity contribution in [3.8, 4) is 0 Å². The molecular formula is C31H25FN2O2S. The molecule has 0 saturated heterocycles. The van der Waals surface area contributed by atoms with Gasteiger partial charge in [-0.1, -0.05) is 78.0 Å². The van der Waals surface area contributed by atoms with Crippen LogP contribution in [0.3, 0.4) is 0 Å². The summed E-state index contributed by atoms with van der Waals surface area (Å²) in [5.41, 5.74) is 5.32. The molecule has 0 atom stereocenters. The fraction of sp³-hybridized carbons (Fsp3) is 0.0968. The summed E-state index contributed by atoms with van der Waals surface area (Å²) in [5, 5.41) is 2.84. The first-order valence-electron chi connectivity index (χ1n) is 11.9. The van der Waals surface area contributed by atoms with E-state index < -0.39 is 0 Å². The molecule has 0 radical (unpaired) electrons. The fourth-order valence-corrected chi connectivity index (χ4v) is 5.12. The molecule has 0 aliphatic carbocycles. The lowest BCUT2D eigenvalue weighted by Gasteiger charge is -2.30. The number of hydrogen-bond donors (Lipinski definition) is 1. The molecule has 4 nitrogen and oxygen atoms in total. The number of amides is 2. The Balaban J connectivity index is 1.32. The van der Waals surface area contributed by atoms with Crippen molar-refractivity contribution in [3.63, 3.8) is 0 Å². The van der Waals surface area contributed by atoms with Crippen LogP contribution in [0.15, 0.2) is 107 Å². The first-order chi connectivity index (χ1) is 18.0. The smallest absolute Gasteiger partial charge is 0.265 e. The van der Waals surface area contributed by atoms with Gasteiger partial charge in [0.2, 0.25) is 0 Å². The van der Waals surface area contributed by atoms with Gasteiger partial charge in [-0.3, -0.25) is 9.59 Å². The number of para-hydroxylation sites is 1. The second-order valence-corrected chi connectivity index (χ2v) is 9.97. The highest BCUT2D eigenvalue weighted by atomic mass is 32.2. The van der Waals surface area contributed by atoms with Crippen LogP contribution < -0.4 is 10.2 Å². The molecule has 1 aliphatic heterocycles. The highest BCUT2D eigenvalue weighted by Gasteiger charge is 2.29. The summed E-state index contributed by atoms with van der Waals surface area (Å²) < 4.78 is 13.1. The molecule has 4 aromatic rings. The van der Waals surface area contributed by atoms with E-state index in [9.17, 15) is 14.0 Å². The number of carbonyl (C=O) groups is 2. The Labute approximate surface area is 219 Å². The molecule has 5 rings (SSSR count). The van der Waals surface area contributed by atoms with Crippen molar-refractivity contribution >= 4 is 35.3 Å². The maximum Gasteiger partial charge on any atom is 0.265 e. The number of nitrogens with one attached hydrogen (secondary N) is 1. The van der Waals surface area contributed by atoms with Crippen LogP contribution in [-0.4, -0.2) is 11.8 Å². The Kier molecular flexibility index (Phi) is 7.19. The Morgan fingerprint density at radius 1 is 0.892 bits per heavy atom. The van der Waals surface area contributed by atoms with E-state index in [2.05, 4.69) is 29.6 Å². The molecule has 0 fully saturated rings. The van der Waals surface area contributed by atoms with Gasteiger partial charge in [-0.25, -0.2) is 4.39 Å². The number of rotatable bonds is 6. The lowest BCUT2D eigenvalue weighted by molar-refractivity contribution is -0.114. The zero-order chi connectivity index (χ0) is 25.8. The zero-order valence-corrected chi connectivity index (χ0v) is 21.1. The average molecular weight is 509 g/mol. The van der Waals surface area contributed by atoms with Crippen LogP contribution in [0.4, 0.5) is 10.1 Å². The summed E-state index contributed by atoms with van der Waals surface area (Å²) in [5.74, 6) is -0.577. The van der Waals surface area contributed by atoms with Gasteiger partial charge in [0.15, 0.2) is 0 Å². The van der Waals surface area contributed by atoms with Gasteiger partial charge in [0, 0.05) is 17.0 Å². The number of benzene rings is 4. The van der Waals surface area contributed by atoms with Gasteiger partial charge in [0.25, 0.3) is 11.8 Å². The quantitative estimate of drug-likeness (QED) is 0.293. The van der Waals surface area contributed by atoms with Crippen molar-refractivity contribution in [2.75, 3.05) is 4.90 Å². The van der Waals surface area contributed by atoms with Crippen molar-refractivity contribution in [2.24, 2.45) is 0 Å². The van der Waals surface area contributed by atoms with Crippen molar-refractivity contribution in [1.82, 2.24) is 5.32 Å². The van der Waals surface area contributed by atoms with Gasteiger partial charge in [-0.15, -0.1) is 0 Å². The SMILES string of the molecule is Cc1ccc(CN2C(=O)/C(=C\c3ccc(C(=O)NCc4ccc(F)cc4)cc3)Sc3ccccc32)cc1. The molecule has 0 aromatic heterocycles. The minimum atomic E-state index is -0.309. The predicted molar refractivity (Wildman–Crippen MR) is 147 cm³/mol. The Morgan fingerprint density at radius 2 is 1.57 bits per heavy atom. The maximum atomic E-state index is 13.5. The van der Waals surface area contributed by atoms with Crippen molar-refractivity contribution in [1.29, 1.82) is 0 Å². The Bertz CT molecular complexity index is 1460. The number of carbonyl (C=O) groups excluding carboxylic acids is 2. The van der Waals surface area contributed by atoms with Crippen LogP contribution in [0.2, 0.25) is 0 Å². The van der Waals surface area contributed by atoms with Gasteiger partial charge >= 0.3 is 0 Å². The standard InChI is InChI=1S/C31H25FN2O2S/c1-21-6-8-24(9-7-21)20-34-27-4-2-3-5-28(27)37-29(31(34)36)18-22-10-14-25(15-11-22)30(35)33-19-23-12-16-26(32)17-13-23/h2-18H,19-20H2,1H3,(H,33,35)/b29-18+. The number of thioether (sulfide) groups is 1. The van der Waals surface area contributed by atoms with Crippen LogP contribution in [0.5, 0.6) is 0 Å². The Morgan fingerprint density at radius 3 is 2.30 bits per heavy atom. The lowest BCUT2D eigenvalue weighted by Crippen LogP contribution is -2.33. The first-order valence-corrected chi connectivity index (χ1v) is 12.8. The Hall–Kier alpha value is -4.16. The van der Waals surface area contributed by atoms with Gasteiger partial charge in [0.1, 0.15) is 5.82 Å². The van der Waals surface area contributed by atoms with Crippen LogP contribution in [0, 0.1) is 12.7 Å². The fourth-order valence-electron chi connectivity index (χ4n) is 4.06. The van der Waals surface area contributed by atoms with E-state index in [0.717, 1.165) is 27.3 Å². The molecule has 0 unspecified atom stereocenters. The third kappa shape index (κ3) is 5.81. The second-order valence-electron chi connectivity index (χ2n) is 8.89. The third-order valence-electron chi connectivity index (χ3n) is 6.13. The molecule has 1 N–H and O–H groups in total. The first kappa shape index (κ1) is 24.5. The van der Waals surface area contributed by atoms with Crippen LogP contribution in [-0.2, 0) is 17.9 Å². The van der Waals surface area contributed by atoms with Gasteiger partial charge in [0.05, 0.1) is 17.1 Å². The molecule has 1 aliphatic rings. The number of anilines is 1. The summed E-state index contributed by atoms with van der Waals surface area (Å²) >= 11 is 1.46. The minimum absolute atomic E-state index is 0.0506. The maximum absolute atomic E-state index is 13.5. The zero-order valence-electron chi connectivity index (χ0n) is 20.3. The molecule has 2 amide bonds. The van der Waals surface area contributed by atoms with E-state index in [1.165, 1.54) is 29.5 Å². The molecule has 4 aromatic carbocycles. The summed E-state index contributed by atoms with van der Waals surface area (Å²) in [4.78, 5) is 29.5. The summed E-state index contributed by atoms with van der Waals surface area (Å²) in [7, 11) is 0. The largest absolute Gasteiger partial charge is 0.348 e. The van der Waals surface area contributed by atoms with Crippen LogP contribution >= 0.6 is 11.8 Å². The van der Waals surface area contributed by atoms with Crippen LogP contribution in [0.25, 0.3) is 6.08 Å². The number of halogens is 1. The highest BCUT2D eigenvalue weighted by molar-refractivity contribution is 8.04. The van der Waals surface area contributed by atoms with Crippen molar-refractivity contribution in [2.45, 2.75) is 24.9 Å². The average Bonchev–Trinajstić information content (AvgIpc) is 2.92. The van der Waals surface area contributed by atoms with Crippen molar-refractivity contribution in [3.05, 3.63) is 136 Å². The summed E-state index contributed by atoms with van der Waals surface area (Å²) in [6, 6.07) is 29.3.